The summed E-state index contributed by atoms with van der Waals surface area (Å²) < 4.78 is 11.4. The van der Waals surface area contributed by atoms with Crippen molar-refractivity contribution in [3.8, 4) is 5.75 Å². The van der Waals surface area contributed by atoms with E-state index in [1.807, 2.05) is 30.3 Å². The van der Waals surface area contributed by atoms with Crippen LogP contribution in [0.1, 0.15) is 20.3 Å². The molecule has 1 saturated heterocycles. The zero-order chi connectivity index (χ0) is 14.9. The van der Waals surface area contributed by atoms with Crippen molar-refractivity contribution in [1.82, 2.24) is 10.2 Å². The Bertz CT molecular complexity index is 384. The first-order chi connectivity index (χ1) is 10.3. The summed E-state index contributed by atoms with van der Waals surface area (Å²) in [6.45, 7) is 9.90. The summed E-state index contributed by atoms with van der Waals surface area (Å²) >= 11 is 0. The van der Waals surface area contributed by atoms with Gasteiger partial charge < -0.3 is 14.8 Å². The molecule has 0 saturated carbocycles. The Morgan fingerprint density at radius 3 is 2.90 bits per heavy atom. The van der Waals surface area contributed by atoms with Gasteiger partial charge in [-0.1, -0.05) is 32.0 Å². The fourth-order valence-corrected chi connectivity index (χ4v) is 2.52. The van der Waals surface area contributed by atoms with Crippen LogP contribution >= 0.6 is 0 Å². The Morgan fingerprint density at radius 2 is 2.14 bits per heavy atom. The molecule has 1 fully saturated rings. The molecule has 0 radical (unpaired) electrons. The third kappa shape index (κ3) is 6.04. The van der Waals surface area contributed by atoms with Gasteiger partial charge in [-0.05, 0) is 18.6 Å². The summed E-state index contributed by atoms with van der Waals surface area (Å²) in [5, 5.41) is 3.51. The van der Waals surface area contributed by atoms with Gasteiger partial charge in [0.15, 0.2) is 0 Å². The van der Waals surface area contributed by atoms with Crippen LogP contribution in [0.2, 0.25) is 0 Å². The predicted octanol–water partition coefficient (Wildman–Crippen LogP) is 2.15. The van der Waals surface area contributed by atoms with Crippen LogP contribution in [-0.4, -0.2) is 56.4 Å². The molecular formula is C17H28N2O2. The lowest BCUT2D eigenvalue weighted by molar-refractivity contribution is -0.00900. The molecule has 0 aliphatic carbocycles. The number of rotatable bonds is 8. The van der Waals surface area contributed by atoms with Crippen molar-refractivity contribution in [1.29, 1.82) is 0 Å². The number of benzene rings is 1. The van der Waals surface area contributed by atoms with Crippen LogP contribution in [0.15, 0.2) is 30.3 Å². The topological polar surface area (TPSA) is 33.7 Å². The molecule has 0 bridgehead atoms. The highest BCUT2D eigenvalue weighted by Gasteiger charge is 2.22. The second kappa shape index (κ2) is 9.03. The van der Waals surface area contributed by atoms with Gasteiger partial charge in [-0.15, -0.1) is 0 Å². The van der Waals surface area contributed by atoms with Crippen LogP contribution in [0, 0.1) is 0 Å². The third-order valence-corrected chi connectivity index (χ3v) is 3.71. The van der Waals surface area contributed by atoms with E-state index in [0.717, 1.165) is 51.6 Å². The highest BCUT2D eigenvalue weighted by molar-refractivity contribution is 5.20. The number of hydrogen-bond donors (Lipinski definition) is 1. The molecule has 1 aromatic rings. The number of ether oxygens (including phenoxy) is 2. The van der Waals surface area contributed by atoms with Gasteiger partial charge >= 0.3 is 0 Å². The van der Waals surface area contributed by atoms with Crippen LogP contribution in [0.3, 0.4) is 0 Å². The van der Waals surface area contributed by atoms with Crippen LogP contribution in [0.4, 0.5) is 0 Å². The van der Waals surface area contributed by atoms with Crippen molar-refractivity contribution < 1.29 is 9.47 Å². The average molecular weight is 292 g/mol. The molecule has 4 nitrogen and oxygen atoms in total. The Hall–Kier alpha value is -1.10. The number of para-hydroxylation sites is 1. The number of hydrogen-bond acceptors (Lipinski definition) is 4. The van der Waals surface area contributed by atoms with Gasteiger partial charge in [-0.2, -0.15) is 0 Å². The molecule has 1 N–H and O–H groups in total. The van der Waals surface area contributed by atoms with Crippen LogP contribution in [0.5, 0.6) is 5.75 Å². The van der Waals surface area contributed by atoms with Crippen molar-refractivity contribution in [2.24, 2.45) is 0 Å². The lowest BCUT2D eigenvalue weighted by atomic mass is 10.2. The zero-order valence-corrected chi connectivity index (χ0v) is 13.3. The average Bonchev–Trinajstić information content (AvgIpc) is 2.51. The minimum absolute atomic E-state index is 0.484. The van der Waals surface area contributed by atoms with E-state index in [1.165, 1.54) is 0 Å². The van der Waals surface area contributed by atoms with E-state index >= 15 is 0 Å². The molecule has 1 aromatic carbocycles. The van der Waals surface area contributed by atoms with Crippen molar-refractivity contribution in [2.75, 3.05) is 39.5 Å². The van der Waals surface area contributed by atoms with E-state index in [0.29, 0.717) is 12.1 Å². The van der Waals surface area contributed by atoms with Crippen molar-refractivity contribution in [3.05, 3.63) is 30.3 Å². The molecule has 21 heavy (non-hydrogen) atoms. The molecule has 0 amide bonds. The van der Waals surface area contributed by atoms with E-state index in [2.05, 4.69) is 24.1 Å². The summed E-state index contributed by atoms with van der Waals surface area (Å²) in [6.07, 6.45) is 1.05. The third-order valence-electron chi connectivity index (χ3n) is 3.71. The van der Waals surface area contributed by atoms with E-state index in [9.17, 15) is 0 Å². The SMILES string of the molecule is CC(C)NCC1COCCN1CCCOc1ccccc1. The first-order valence-corrected chi connectivity index (χ1v) is 7.98. The molecule has 0 spiro atoms. The van der Waals surface area contributed by atoms with Crippen molar-refractivity contribution in [2.45, 2.75) is 32.4 Å². The maximum Gasteiger partial charge on any atom is 0.119 e. The van der Waals surface area contributed by atoms with Gasteiger partial charge in [0, 0.05) is 31.7 Å². The van der Waals surface area contributed by atoms with Crippen LogP contribution in [0.25, 0.3) is 0 Å². The van der Waals surface area contributed by atoms with Gasteiger partial charge in [0.25, 0.3) is 0 Å². The molecule has 1 aliphatic heterocycles. The lowest BCUT2D eigenvalue weighted by Gasteiger charge is -2.36. The molecule has 0 aromatic heterocycles. The lowest BCUT2D eigenvalue weighted by Crippen LogP contribution is -2.51. The summed E-state index contributed by atoms with van der Waals surface area (Å²) in [4.78, 5) is 2.52. The monoisotopic (exact) mass is 292 g/mol. The predicted molar refractivity (Wildman–Crippen MR) is 85.9 cm³/mol. The fraction of sp³-hybridized carbons (Fsp3) is 0.647. The molecule has 1 atom stereocenters. The number of morpholine rings is 1. The smallest absolute Gasteiger partial charge is 0.119 e. The fourth-order valence-electron chi connectivity index (χ4n) is 2.52. The van der Waals surface area contributed by atoms with Crippen molar-refractivity contribution >= 4 is 0 Å². The highest BCUT2D eigenvalue weighted by Crippen LogP contribution is 2.10. The maximum absolute atomic E-state index is 5.76. The van der Waals surface area contributed by atoms with Gasteiger partial charge in [0.2, 0.25) is 0 Å². The van der Waals surface area contributed by atoms with Crippen LogP contribution in [-0.2, 0) is 4.74 Å². The zero-order valence-electron chi connectivity index (χ0n) is 13.3. The Balaban J connectivity index is 1.67. The van der Waals surface area contributed by atoms with Gasteiger partial charge in [-0.25, -0.2) is 0 Å². The van der Waals surface area contributed by atoms with Crippen LogP contribution < -0.4 is 10.1 Å². The largest absolute Gasteiger partial charge is 0.494 e. The summed E-state index contributed by atoms with van der Waals surface area (Å²) in [5.74, 6) is 0.956. The second-order valence-electron chi connectivity index (χ2n) is 5.84. The Morgan fingerprint density at radius 1 is 1.33 bits per heavy atom. The van der Waals surface area contributed by atoms with E-state index < -0.39 is 0 Å². The van der Waals surface area contributed by atoms with Gasteiger partial charge in [-0.3, -0.25) is 4.90 Å². The number of nitrogens with one attached hydrogen (secondary N) is 1. The van der Waals surface area contributed by atoms with E-state index in [4.69, 9.17) is 9.47 Å². The van der Waals surface area contributed by atoms with E-state index in [-0.39, 0.29) is 0 Å². The van der Waals surface area contributed by atoms with Gasteiger partial charge in [0.05, 0.1) is 19.8 Å². The molecule has 1 unspecified atom stereocenters. The summed E-state index contributed by atoms with van der Waals surface area (Å²) in [5.41, 5.74) is 0. The van der Waals surface area contributed by atoms with Crippen molar-refractivity contribution in [3.63, 3.8) is 0 Å². The molecule has 2 rings (SSSR count). The normalized spacial score (nSPS) is 19.9. The summed E-state index contributed by atoms with van der Waals surface area (Å²) in [6, 6.07) is 11.0. The van der Waals surface area contributed by atoms with E-state index in [1.54, 1.807) is 0 Å². The summed E-state index contributed by atoms with van der Waals surface area (Å²) in [7, 11) is 0. The Kier molecular flexibility index (Phi) is 7.00. The standard InChI is InChI=1S/C17H28N2O2/c1-15(2)18-13-16-14-20-12-10-19(16)9-6-11-21-17-7-4-3-5-8-17/h3-5,7-8,15-16,18H,6,9-14H2,1-2H3. The first-order valence-electron chi connectivity index (χ1n) is 7.98. The second-order valence-corrected chi connectivity index (χ2v) is 5.84. The molecule has 118 valence electrons. The molecule has 4 heteroatoms. The van der Waals surface area contributed by atoms with Gasteiger partial charge in [0.1, 0.15) is 5.75 Å². The minimum atomic E-state index is 0.484. The number of nitrogens with zero attached hydrogens (tertiary/aromatic N) is 1. The highest BCUT2D eigenvalue weighted by atomic mass is 16.5. The maximum atomic E-state index is 5.76. The quantitative estimate of drug-likeness (QED) is 0.745. The Labute approximate surface area is 128 Å². The minimum Gasteiger partial charge on any atom is -0.494 e. The molecule has 1 aliphatic rings. The molecular weight excluding hydrogens is 264 g/mol. The first kappa shape index (κ1) is 16.3. The molecule has 1 heterocycles.